The fourth-order valence-corrected chi connectivity index (χ4v) is 4.07. The zero-order valence-corrected chi connectivity index (χ0v) is 13.6. The number of amides is 1. The molecule has 23 heavy (non-hydrogen) atoms. The predicted octanol–water partition coefficient (Wildman–Crippen LogP) is 2.64. The summed E-state index contributed by atoms with van der Waals surface area (Å²) in [6.45, 7) is 1.34. The highest BCUT2D eigenvalue weighted by molar-refractivity contribution is 5.86. The number of carbonyl (C=O) groups excluding carboxylic acids is 1. The largest absolute Gasteiger partial charge is 0.366 e. The van der Waals surface area contributed by atoms with Crippen molar-refractivity contribution in [1.82, 2.24) is 4.90 Å². The van der Waals surface area contributed by atoms with Crippen molar-refractivity contribution in [3.05, 3.63) is 35.9 Å². The lowest BCUT2D eigenvalue weighted by molar-refractivity contribution is -0.153. The lowest BCUT2D eigenvalue weighted by Crippen LogP contribution is -2.58. The van der Waals surface area contributed by atoms with Gasteiger partial charge in [-0.05, 0) is 37.2 Å². The van der Waals surface area contributed by atoms with Gasteiger partial charge in [0, 0.05) is 6.54 Å². The van der Waals surface area contributed by atoms with Crippen molar-refractivity contribution in [3.63, 3.8) is 0 Å². The Morgan fingerprint density at radius 1 is 1.13 bits per heavy atom. The second kappa shape index (κ2) is 5.91. The number of hydrogen-bond donors (Lipinski definition) is 1. The highest BCUT2D eigenvalue weighted by Crippen LogP contribution is 2.40. The van der Waals surface area contributed by atoms with E-state index in [1.54, 1.807) is 0 Å². The average molecular weight is 314 g/mol. The van der Waals surface area contributed by atoms with Crippen LogP contribution in [-0.2, 0) is 9.53 Å². The first-order chi connectivity index (χ1) is 11.2. The van der Waals surface area contributed by atoms with E-state index in [4.69, 9.17) is 10.5 Å². The van der Waals surface area contributed by atoms with E-state index in [1.165, 1.54) is 12.8 Å². The third kappa shape index (κ3) is 3.02. The summed E-state index contributed by atoms with van der Waals surface area (Å²) < 4.78 is 6.34. The topological polar surface area (TPSA) is 55.6 Å². The fourth-order valence-electron chi connectivity index (χ4n) is 4.07. The molecule has 4 nitrogen and oxygen atoms in total. The van der Waals surface area contributed by atoms with Crippen LogP contribution >= 0.6 is 0 Å². The summed E-state index contributed by atoms with van der Waals surface area (Å²) in [7, 11) is 0. The molecule has 2 saturated carbocycles. The Bertz CT molecular complexity index is 564. The third-order valence-corrected chi connectivity index (χ3v) is 5.65. The molecule has 1 aromatic rings. The van der Waals surface area contributed by atoms with Crippen LogP contribution in [0, 0.1) is 5.92 Å². The van der Waals surface area contributed by atoms with Crippen LogP contribution in [0.5, 0.6) is 0 Å². The highest BCUT2D eigenvalue weighted by Gasteiger charge is 2.45. The van der Waals surface area contributed by atoms with Crippen LogP contribution in [0.2, 0.25) is 0 Å². The molecule has 1 aliphatic heterocycles. The molecule has 3 aliphatic rings. The quantitative estimate of drug-likeness (QED) is 0.933. The predicted molar refractivity (Wildman–Crippen MR) is 88.7 cm³/mol. The summed E-state index contributed by atoms with van der Waals surface area (Å²) in [6, 6.07) is 10.3. The van der Waals surface area contributed by atoms with Crippen LogP contribution in [0.25, 0.3) is 0 Å². The first kappa shape index (κ1) is 15.2. The Morgan fingerprint density at radius 3 is 2.48 bits per heavy atom. The Labute approximate surface area is 138 Å². The fraction of sp³-hybridized carbons (Fsp3) is 0.632. The van der Waals surface area contributed by atoms with Crippen molar-refractivity contribution >= 4 is 5.91 Å². The van der Waals surface area contributed by atoms with Crippen LogP contribution in [0.15, 0.2) is 30.3 Å². The Hall–Kier alpha value is -1.39. The van der Waals surface area contributed by atoms with Crippen molar-refractivity contribution in [1.29, 1.82) is 0 Å². The maximum Gasteiger partial charge on any atom is 0.242 e. The van der Waals surface area contributed by atoms with Gasteiger partial charge in [0.25, 0.3) is 0 Å². The Kier molecular flexibility index (Phi) is 3.90. The number of benzene rings is 1. The normalized spacial score (nSPS) is 30.4. The van der Waals surface area contributed by atoms with Gasteiger partial charge in [-0.15, -0.1) is 0 Å². The average Bonchev–Trinajstić information content (AvgIpc) is 3.36. The van der Waals surface area contributed by atoms with E-state index >= 15 is 0 Å². The molecule has 1 heterocycles. The van der Waals surface area contributed by atoms with Gasteiger partial charge in [-0.3, -0.25) is 4.79 Å². The second-order valence-electron chi connectivity index (χ2n) is 7.48. The summed E-state index contributed by atoms with van der Waals surface area (Å²) in [5.41, 5.74) is 6.95. The van der Waals surface area contributed by atoms with Gasteiger partial charge in [-0.25, -0.2) is 0 Å². The molecule has 0 aromatic heterocycles. The molecule has 0 bridgehead atoms. The van der Waals surface area contributed by atoms with Crippen LogP contribution in [0.4, 0.5) is 0 Å². The number of nitrogens with two attached hydrogens (primary N) is 1. The smallest absolute Gasteiger partial charge is 0.242 e. The standard InChI is InChI=1S/C19H26N2O2/c20-19(10-4-5-11-19)18(22)21-12-16(14-6-2-1-3-7-14)23-17(13-21)15-8-9-15/h1-3,6-7,15-17H,4-5,8-13,20H2/t16-,17+/m0/s1. The summed E-state index contributed by atoms with van der Waals surface area (Å²) in [4.78, 5) is 15.0. The van der Waals surface area contributed by atoms with Crippen LogP contribution in [0.3, 0.4) is 0 Å². The van der Waals surface area contributed by atoms with Crippen molar-refractivity contribution in [2.75, 3.05) is 13.1 Å². The first-order valence-corrected chi connectivity index (χ1v) is 8.94. The van der Waals surface area contributed by atoms with E-state index in [0.29, 0.717) is 19.0 Å². The molecule has 1 saturated heterocycles. The van der Waals surface area contributed by atoms with Gasteiger partial charge in [0.15, 0.2) is 0 Å². The van der Waals surface area contributed by atoms with Crippen LogP contribution < -0.4 is 5.73 Å². The Morgan fingerprint density at radius 2 is 1.83 bits per heavy atom. The van der Waals surface area contributed by atoms with Crippen molar-refractivity contribution in [2.45, 2.75) is 56.3 Å². The summed E-state index contributed by atoms with van der Waals surface area (Å²) in [5.74, 6) is 0.763. The van der Waals surface area contributed by atoms with Crippen LogP contribution in [-0.4, -0.2) is 35.5 Å². The molecule has 124 valence electrons. The zero-order valence-electron chi connectivity index (χ0n) is 13.6. The molecule has 2 N–H and O–H groups in total. The molecule has 2 aliphatic carbocycles. The molecule has 1 aromatic carbocycles. The van der Waals surface area contributed by atoms with Gasteiger partial charge in [-0.2, -0.15) is 0 Å². The maximum absolute atomic E-state index is 13.0. The van der Waals surface area contributed by atoms with Crippen molar-refractivity contribution in [2.24, 2.45) is 11.7 Å². The second-order valence-corrected chi connectivity index (χ2v) is 7.48. The van der Waals surface area contributed by atoms with E-state index in [9.17, 15) is 4.79 Å². The lowest BCUT2D eigenvalue weighted by atomic mass is 9.95. The molecule has 4 heteroatoms. The molecule has 2 atom stereocenters. The minimum absolute atomic E-state index is 0.0236. The van der Waals surface area contributed by atoms with E-state index in [1.807, 2.05) is 23.1 Å². The number of nitrogens with zero attached hydrogens (tertiary/aromatic N) is 1. The summed E-state index contributed by atoms with van der Waals surface area (Å²) in [6.07, 6.45) is 6.39. The van der Waals surface area contributed by atoms with Gasteiger partial charge < -0.3 is 15.4 Å². The first-order valence-electron chi connectivity index (χ1n) is 8.94. The number of morpholine rings is 1. The van der Waals surface area contributed by atoms with E-state index in [2.05, 4.69) is 12.1 Å². The molecular weight excluding hydrogens is 288 g/mol. The van der Waals surface area contributed by atoms with Gasteiger partial charge >= 0.3 is 0 Å². The SMILES string of the molecule is NC1(C(=O)N2C[C@@H](c3ccccc3)O[C@@H](C3CC3)C2)CCCC1. The molecule has 0 radical (unpaired) electrons. The summed E-state index contributed by atoms with van der Waals surface area (Å²) in [5, 5.41) is 0. The zero-order chi connectivity index (χ0) is 15.9. The number of carbonyl (C=O) groups is 1. The number of rotatable bonds is 3. The molecular formula is C19H26N2O2. The maximum atomic E-state index is 13.0. The molecule has 0 spiro atoms. The van der Waals surface area contributed by atoms with Gasteiger partial charge in [0.2, 0.25) is 5.91 Å². The van der Waals surface area contributed by atoms with E-state index in [-0.39, 0.29) is 18.1 Å². The highest BCUT2D eigenvalue weighted by atomic mass is 16.5. The van der Waals surface area contributed by atoms with Crippen molar-refractivity contribution in [3.8, 4) is 0 Å². The van der Waals surface area contributed by atoms with Gasteiger partial charge in [0.1, 0.15) is 6.10 Å². The minimum Gasteiger partial charge on any atom is -0.366 e. The monoisotopic (exact) mass is 314 g/mol. The lowest BCUT2D eigenvalue weighted by Gasteiger charge is -2.41. The molecule has 3 fully saturated rings. The van der Waals surface area contributed by atoms with Gasteiger partial charge in [0.05, 0.1) is 18.2 Å². The van der Waals surface area contributed by atoms with E-state index < -0.39 is 5.54 Å². The Balaban J connectivity index is 1.55. The third-order valence-electron chi connectivity index (χ3n) is 5.65. The van der Waals surface area contributed by atoms with Crippen LogP contribution in [0.1, 0.15) is 50.2 Å². The van der Waals surface area contributed by atoms with E-state index in [0.717, 1.165) is 31.2 Å². The molecule has 4 rings (SSSR count). The summed E-state index contributed by atoms with van der Waals surface area (Å²) >= 11 is 0. The molecule has 0 unspecified atom stereocenters. The van der Waals surface area contributed by atoms with Crippen molar-refractivity contribution < 1.29 is 9.53 Å². The minimum atomic E-state index is -0.632. The number of hydrogen-bond acceptors (Lipinski definition) is 3. The van der Waals surface area contributed by atoms with Gasteiger partial charge in [-0.1, -0.05) is 43.2 Å². The number of ether oxygens (including phenoxy) is 1. The molecule has 1 amide bonds.